The molecule has 0 aliphatic heterocycles. The van der Waals surface area contributed by atoms with E-state index in [1.54, 1.807) is 31.4 Å². The van der Waals surface area contributed by atoms with E-state index >= 15 is 0 Å². The maximum Gasteiger partial charge on any atom is 0.320 e. The first-order valence-electron chi connectivity index (χ1n) is 7.15. The van der Waals surface area contributed by atoms with Crippen LogP contribution >= 0.6 is 11.3 Å². The largest absolute Gasteiger partial charge is 0.355 e. The summed E-state index contributed by atoms with van der Waals surface area (Å²) in [5.74, 6) is -0.158. The molecule has 6 nitrogen and oxygen atoms in total. The van der Waals surface area contributed by atoms with E-state index in [-0.39, 0.29) is 11.9 Å². The summed E-state index contributed by atoms with van der Waals surface area (Å²) in [6.07, 6.45) is 1.71. The predicted molar refractivity (Wildman–Crippen MR) is 91.9 cm³/mol. The van der Waals surface area contributed by atoms with Crippen molar-refractivity contribution in [3.63, 3.8) is 0 Å². The molecule has 0 saturated carbocycles. The zero-order chi connectivity index (χ0) is 17.0. The Labute approximate surface area is 139 Å². The van der Waals surface area contributed by atoms with Crippen LogP contribution in [0.1, 0.15) is 34.8 Å². The Bertz CT molecular complexity index is 711. The van der Waals surface area contributed by atoms with Gasteiger partial charge in [-0.15, -0.1) is 11.3 Å². The Balaban J connectivity index is 2.07. The second-order valence-corrected chi connectivity index (χ2v) is 6.54. The van der Waals surface area contributed by atoms with E-state index in [0.717, 1.165) is 10.6 Å². The first-order valence-corrected chi connectivity index (χ1v) is 8.03. The normalized spacial score (nSPS) is 11.0. The third-order valence-corrected chi connectivity index (χ3v) is 4.45. The quantitative estimate of drug-likeness (QED) is 0.805. The fourth-order valence-corrected chi connectivity index (χ4v) is 2.83. The molecule has 0 spiro atoms. The number of rotatable bonds is 4. The average molecular weight is 332 g/mol. The van der Waals surface area contributed by atoms with Crippen molar-refractivity contribution in [1.82, 2.24) is 15.6 Å². The lowest BCUT2D eigenvalue weighted by Crippen LogP contribution is -2.43. The van der Waals surface area contributed by atoms with E-state index in [1.165, 1.54) is 11.3 Å². The van der Waals surface area contributed by atoms with Gasteiger partial charge in [0.25, 0.3) is 5.91 Å². The monoisotopic (exact) mass is 332 g/mol. The average Bonchev–Trinajstić information content (AvgIpc) is 3.03. The molecule has 2 aromatic rings. The van der Waals surface area contributed by atoms with Crippen molar-refractivity contribution in [3.8, 4) is 0 Å². The van der Waals surface area contributed by atoms with Crippen molar-refractivity contribution in [2.45, 2.75) is 26.3 Å². The first kappa shape index (κ1) is 17.0. The lowest BCUT2D eigenvalue weighted by molar-refractivity contribution is 0.0963. The van der Waals surface area contributed by atoms with Gasteiger partial charge in [-0.1, -0.05) is 0 Å². The van der Waals surface area contributed by atoms with Gasteiger partial charge in [-0.2, -0.15) is 0 Å². The van der Waals surface area contributed by atoms with Crippen molar-refractivity contribution < 1.29 is 9.59 Å². The number of nitrogens with zero attached hydrogens (tertiary/aromatic N) is 1. The Morgan fingerprint density at radius 1 is 1.26 bits per heavy atom. The van der Waals surface area contributed by atoms with Crippen LogP contribution in [0.25, 0.3) is 0 Å². The fourth-order valence-electron chi connectivity index (χ4n) is 2.11. The minimum atomic E-state index is -0.561. The highest BCUT2D eigenvalue weighted by Crippen LogP contribution is 2.22. The maximum atomic E-state index is 12.2. The van der Waals surface area contributed by atoms with Gasteiger partial charge in [0.1, 0.15) is 5.01 Å². The number of anilines is 1. The summed E-state index contributed by atoms with van der Waals surface area (Å²) in [5, 5.41) is 11.0. The molecule has 23 heavy (non-hydrogen) atoms. The van der Waals surface area contributed by atoms with Crippen molar-refractivity contribution in [1.29, 1.82) is 0 Å². The van der Waals surface area contributed by atoms with Gasteiger partial charge in [0.2, 0.25) is 0 Å². The van der Waals surface area contributed by atoms with Gasteiger partial charge in [-0.05, 0) is 44.5 Å². The summed E-state index contributed by atoms with van der Waals surface area (Å²) in [7, 11) is 1.58. The highest BCUT2D eigenvalue weighted by molar-refractivity contribution is 7.09. The predicted octanol–water partition coefficient (Wildman–Crippen LogP) is 2.87. The number of amides is 3. The van der Waals surface area contributed by atoms with Crippen LogP contribution in [-0.2, 0) is 5.54 Å². The molecule has 3 amide bonds. The molecule has 0 bridgehead atoms. The van der Waals surface area contributed by atoms with Crippen LogP contribution in [-0.4, -0.2) is 24.0 Å². The number of aromatic nitrogens is 1. The summed E-state index contributed by atoms with van der Waals surface area (Å²) in [6.45, 7) is 5.63. The van der Waals surface area contributed by atoms with Crippen LogP contribution in [0.4, 0.5) is 10.5 Å². The molecule has 7 heteroatoms. The molecule has 0 unspecified atom stereocenters. The fraction of sp³-hybridized carbons (Fsp3) is 0.312. The van der Waals surface area contributed by atoms with E-state index in [2.05, 4.69) is 20.9 Å². The lowest BCUT2D eigenvalue weighted by Gasteiger charge is -2.24. The van der Waals surface area contributed by atoms with Crippen LogP contribution < -0.4 is 16.0 Å². The van der Waals surface area contributed by atoms with E-state index < -0.39 is 5.54 Å². The zero-order valence-corrected chi connectivity index (χ0v) is 14.4. The van der Waals surface area contributed by atoms with Crippen molar-refractivity contribution >= 4 is 29.0 Å². The summed E-state index contributed by atoms with van der Waals surface area (Å²) >= 11 is 1.49. The molecule has 0 aliphatic rings. The molecule has 0 radical (unpaired) electrons. The zero-order valence-electron chi connectivity index (χ0n) is 13.6. The number of carbonyl (C=O) groups excluding carboxylic acids is 2. The number of thiazole rings is 1. The Hall–Kier alpha value is -2.41. The molecule has 122 valence electrons. The smallest absolute Gasteiger partial charge is 0.320 e. The highest BCUT2D eigenvalue weighted by atomic mass is 32.1. The molecule has 0 fully saturated rings. The molecule has 0 atom stereocenters. The Morgan fingerprint density at radius 2 is 2.00 bits per heavy atom. The second kappa shape index (κ2) is 6.78. The van der Waals surface area contributed by atoms with Gasteiger partial charge in [0.15, 0.2) is 0 Å². The van der Waals surface area contributed by atoms with Crippen molar-refractivity contribution in [2.24, 2.45) is 0 Å². The van der Waals surface area contributed by atoms with Crippen LogP contribution in [0.3, 0.4) is 0 Å². The summed E-state index contributed by atoms with van der Waals surface area (Å²) in [6, 6.07) is 4.81. The van der Waals surface area contributed by atoms with Crippen molar-refractivity contribution in [3.05, 3.63) is 45.9 Å². The molecule has 3 N–H and O–H groups in total. The summed E-state index contributed by atoms with van der Waals surface area (Å²) in [5.41, 5.74) is 1.46. The number of hydrogen-bond donors (Lipinski definition) is 3. The molecule has 0 aliphatic carbocycles. The number of aryl methyl sites for hydroxylation is 1. The standard InChI is InChI=1S/C16H20N4O2S/c1-10-9-11(13(21)17-4)5-6-12(10)19-15(22)20-16(2,3)14-18-7-8-23-14/h5-9H,1-4H3,(H,17,21)(H2,19,20,22). The van der Waals surface area contributed by atoms with Gasteiger partial charge in [0.05, 0.1) is 5.54 Å². The van der Waals surface area contributed by atoms with E-state index in [9.17, 15) is 9.59 Å². The minimum absolute atomic E-state index is 0.158. The number of benzene rings is 1. The van der Waals surface area contributed by atoms with E-state index in [4.69, 9.17) is 0 Å². The SMILES string of the molecule is CNC(=O)c1ccc(NC(=O)NC(C)(C)c2nccs2)c(C)c1. The van der Waals surface area contributed by atoms with Gasteiger partial charge >= 0.3 is 6.03 Å². The van der Waals surface area contributed by atoms with E-state index in [0.29, 0.717) is 11.3 Å². The molecule has 2 rings (SSSR count). The molecule has 0 saturated heterocycles. The number of urea groups is 1. The van der Waals surface area contributed by atoms with Crippen LogP contribution in [0.15, 0.2) is 29.8 Å². The first-order chi connectivity index (χ1) is 10.8. The second-order valence-electron chi connectivity index (χ2n) is 5.65. The molecule has 1 heterocycles. The minimum Gasteiger partial charge on any atom is -0.355 e. The third-order valence-electron chi connectivity index (χ3n) is 3.36. The Morgan fingerprint density at radius 3 is 2.57 bits per heavy atom. The number of carbonyl (C=O) groups is 2. The molecular weight excluding hydrogens is 312 g/mol. The third kappa shape index (κ3) is 4.07. The van der Waals surface area contributed by atoms with Crippen LogP contribution in [0, 0.1) is 6.92 Å². The molecule has 1 aromatic carbocycles. The summed E-state index contributed by atoms with van der Waals surface area (Å²) in [4.78, 5) is 28.1. The van der Waals surface area contributed by atoms with Gasteiger partial charge in [-0.3, -0.25) is 4.79 Å². The maximum absolute atomic E-state index is 12.2. The van der Waals surface area contributed by atoms with Crippen molar-refractivity contribution in [2.75, 3.05) is 12.4 Å². The molecular formula is C16H20N4O2S. The highest BCUT2D eigenvalue weighted by Gasteiger charge is 2.25. The number of nitrogens with one attached hydrogen (secondary N) is 3. The molecule has 1 aromatic heterocycles. The number of hydrogen-bond acceptors (Lipinski definition) is 4. The topological polar surface area (TPSA) is 83.1 Å². The van der Waals surface area contributed by atoms with E-state index in [1.807, 2.05) is 26.2 Å². The summed E-state index contributed by atoms with van der Waals surface area (Å²) < 4.78 is 0. The van der Waals surface area contributed by atoms with Gasteiger partial charge in [-0.25, -0.2) is 9.78 Å². The van der Waals surface area contributed by atoms with Gasteiger partial charge < -0.3 is 16.0 Å². The lowest BCUT2D eigenvalue weighted by atomic mass is 10.1. The van der Waals surface area contributed by atoms with Gasteiger partial charge in [0, 0.05) is 29.9 Å². The van der Waals surface area contributed by atoms with Crippen LogP contribution in [0.5, 0.6) is 0 Å². The Kier molecular flexibility index (Phi) is 5.00. The van der Waals surface area contributed by atoms with Crippen LogP contribution in [0.2, 0.25) is 0 Å².